The highest BCUT2D eigenvalue weighted by Crippen LogP contribution is 2.53. The predicted octanol–water partition coefficient (Wildman–Crippen LogP) is 1.12. The molecule has 3 aliphatic rings. The first-order chi connectivity index (χ1) is 9.36. The zero-order valence-corrected chi connectivity index (χ0v) is 13.2. The molecular weight excluding hydrogens is 278 g/mol. The molecule has 6 heteroatoms. The van der Waals surface area contributed by atoms with Crippen LogP contribution in [0.4, 0.5) is 0 Å². The van der Waals surface area contributed by atoms with Gasteiger partial charge in [0.25, 0.3) is 0 Å². The Morgan fingerprint density at radius 2 is 1.85 bits per heavy atom. The molecule has 3 fully saturated rings. The van der Waals surface area contributed by atoms with Gasteiger partial charge in [-0.1, -0.05) is 0 Å². The highest BCUT2D eigenvalue weighted by atomic mass is 32.2. The lowest BCUT2D eigenvalue weighted by Crippen LogP contribution is -2.63. The minimum Gasteiger partial charge on any atom is -0.392 e. The highest BCUT2D eigenvalue weighted by molar-refractivity contribution is 7.90. The molecule has 1 spiro atoms. The molecule has 0 aromatic carbocycles. The van der Waals surface area contributed by atoms with E-state index in [1.807, 2.05) is 13.8 Å². The highest BCUT2D eigenvalue weighted by Gasteiger charge is 2.59. The lowest BCUT2D eigenvalue weighted by Gasteiger charge is -2.56. The molecule has 1 heterocycles. The molecule has 2 unspecified atom stereocenters. The van der Waals surface area contributed by atoms with Gasteiger partial charge in [0.15, 0.2) is 0 Å². The topological polar surface area (TPSA) is 66.8 Å². The van der Waals surface area contributed by atoms with Crippen molar-refractivity contribution in [2.45, 2.75) is 62.9 Å². The van der Waals surface area contributed by atoms with E-state index in [1.54, 1.807) is 4.31 Å². The number of aliphatic hydroxyl groups excluding tert-OH is 1. The Morgan fingerprint density at radius 1 is 1.25 bits per heavy atom. The van der Waals surface area contributed by atoms with Gasteiger partial charge < -0.3 is 9.84 Å². The van der Waals surface area contributed by atoms with Gasteiger partial charge >= 0.3 is 0 Å². The van der Waals surface area contributed by atoms with Crippen molar-refractivity contribution in [1.29, 1.82) is 0 Å². The third-order valence-electron chi connectivity index (χ3n) is 5.68. The Morgan fingerprint density at radius 3 is 2.30 bits per heavy atom. The average Bonchev–Trinajstić information content (AvgIpc) is 3.18. The molecule has 0 aromatic heterocycles. The van der Waals surface area contributed by atoms with Gasteiger partial charge in [-0.05, 0) is 39.5 Å². The standard InChI is InChI=1S/C14H25NO4S/c1-3-19-12-10-11(16)14(12)6-8-15(9-7-14)20(17,18)13(2)4-5-13/h11-12,16H,3-10H2,1-2H3. The predicted molar refractivity (Wildman–Crippen MR) is 75.8 cm³/mol. The molecule has 2 saturated carbocycles. The minimum atomic E-state index is -3.16. The van der Waals surface area contributed by atoms with Gasteiger partial charge in [0, 0.05) is 31.5 Å². The van der Waals surface area contributed by atoms with Crippen LogP contribution in [0.1, 0.15) is 46.0 Å². The van der Waals surface area contributed by atoms with E-state index in [4.69, 9.17) is 4.74 Å². The first-order valence-electron chi connectivity index (χ1n) is 7.65. The molecule has 1 N–H and O–H groups in total. The summed E-state index contributed by atoms with van der Waals surface area (Å²) in [6.45, 7) is 5.51. The molecule has 0 bridgehead atoms. The van der Waals surface area contributed by atoms with Crippen LogP contribution in [0.25, 0.3) is 0 Å². The Balaban J connectivity index is 1.68. The fraction of sp³-hybridized carbons (Fsp3) is 1.00. The summed E-state index contributed by atoms with van der Waals surface area (Å²) < 4.78 is 31.8. The average molecular weight is 303 g/mol. The number of hydrogen-bond acceptors (Lipinski definition) is 4. The summed E-state index contributed by atoms with van der Waals surface area (Å²) >= 11 is 0. The third kappa shape index (κ3) is 1.95. The van der Waals surface area contributed by atoms with Crippen LogP contribution in [0.3, 0.4) is 0 Å². The number of hydrogen-bond donors (Lipinski definition) is 1. The summed E-state index contributed by atoms with van der Waals surface area (Å²) in [6.07, 6.45) is 3.45. The summed E-state index contributed by atoms with van der Waals surface area (Å²) in [4.78, 5) is 0. The molecule has 3 rings (SSSR count). The Bertz CT molecular complexity index is 475. The Kier molecular flexibility index (Phi) is 3.44. The van der Waals surface area contributed by atoms with E-state index in [0.29, 0.717) is 39.0 Å². The smallest absolute Gasteiger partial charge is 0.219 e. The van der Waals surface area contributed by atoms with Gasteiger partial charge in [0.2, 0.25) is 10.0 Å². The normalized spacial score (nSPS) is 35.8. The van der Waals surface area contributed by atoms with Crippen molar-refractivity contribution in [2.24, 2.45) is 5.41 Å². The lowest BCUT2D eigenvalue weighted by molar-refractivity contribution is -0.205. The van der Waals surface area contributed by atoms with Gasteiger partial charge in [-0.25, -0.2) is 12.7 Å². The fourth-order valence-electron chi connectivity index (χ4n) is 3.71. The molecule has 0 radical (unpaired) electrons. The van der Waals surface area contributed by atoms with Crippen molar-refractivity contribution in [3.8, 4) is 0 Å². The molecule has 116 valence electrons. The quantitative estimate of drug-likeness (QED) is 0.845. The SMILES string of the molecule is CCOC1CC(O)C12CCN(S(=O)(=O)C1(C)CC1)CC2. The largest absolute Gasteiger partial charge is 0.392 e. The van der Waals surface area contributed by atoms with Crippen LogP contribution in [0.5, 0.6) is 0 Å². The van der Waals surface area contributed by atoms with Crippen molar-refractivity contribution in [3.05, 3.63) is 0 Å². The van der Waals surface area contributed by atoms with Crippen LogP contribution >= 0.6 is 0 Å². The summed E-state index contributed by atoms with van der Waals surface area (Å²) in [5, 5.41) is 10.1. The number of sulfonamides is 1. The van der Waals surface area contributed by atoms with Gasteiger partial charge in [-0.3, -0.25) is 0 Å². The van der Waals surface area contributed by atoms with E-state index < -0.39 is 14.8 Å². The molecule has 5 nitrogen and oxygen atoms in total. The molecular formula is C14H25NO4S. The number of aliphatic hydroxyl groups is 1. The van der Waals surface area contributed by atoms with Crippen molar-refractivity contribution in [2.75, 3.05) is 19.7 Å². The van der Waals surface area contributed by atoms with E-state index in [-0.39, 0.29) is 17.6 Å². The molecule has 20 heavy (non-hydrogen) atoms. The second-order valence-electron chi connectivity index (χ2n) is 6.78. The number of nitrogens with zero attached hydrogens (tertiary/aromatic N) is 1. The lowest BCUT2D eigenvalue weighted by atomic mass is 9.58. The van der Waals surface area contributed by atoms with E-state index in [1.165, 1.54) is 0 Å². The fourth-order valence-corrected chi connectivity index (χ4v) is 5.61. The number of ether oxygens (including phenoxy) is 1. The van der Waals surface area contributed by atoms with Crippen LogP contribution in [0.15, 0.2) is 0 Å². The third-order valence-corrected chi connectivity index (χ3v) is 8.38. The monoisotopic (exact) mass is 303 g/mol. The van der Waals surface area contributed by atoms with Gasteiger partial charge in [-0.2, -0.15) is 0 Å². The summed E-state index contributed by atoms with van der Waals surface area (Å²) in [6, 6.07) is 0. The van der Waals surface area contributed by atoms with Gasteiger partial charge in [0.05, 0.1) is 17.0 Å². The Hall–Kier alpha value is -0.170. The van der Waals surface area contributed by atoms with E-state index in [2.05, 4.69) is 0 Å². The second kappa shape index (κ2) is 4.66. The van der Waals surface area contributed by atoms with Crippen LogP contribution in [-0.4, -0.2) is 54.5 Å². The van der Waals surface area contributed by atoms with Crippen LogP contribution in [0, 0.1) is 5.41 Å². The number of piperidine rings is 1. The minimum absolute atomic E-state index is 0.101. The molecule has 2 aliphatic carbocycles. The number of rotatable bonds is 4. The van der Waals surface area contributed by atoms with Crippen molar-refractivity contribution in [3.63, 3.8) is 0 Å². The first kappa shape index (κ1) is 14.8. The van der Waals surface area contributed by atoms with Crippen LogP contribution in [0.2, 0.25) is 0 Å². The van der Waals surface area contributed by atoms with Gasteiger partial charge in [0.1, 0.15) is 0 Å². The summed E-state index contributed by atoms with van der Waals surface area (Å²) in [7, 11) is -3.16. The van der Waals surface area contributed by atoms with E-state index >= 15 is 0 Å². The molecule has 1 aliphatic heterocycles. The van der Waals surface area contributed by atoms with Crippen molar-refractivity contribution >= 4 is 10.0 Å². The van der Waals surface area contributed by atoms with Gasteiger partial charge in [-0.15, -0.1) is 0 Å². The maximum atomic E-state index is 12.5. The maximum Gasteiger partial charge on any atom is 0.219 e. The zero-order chi connectivity index (χ0) is 14.6. The van der Waals surface area contributed by atoms with Crippen molar-refractivity contribution < 1.29 is 18.3 Å². The summed E-state index contributed by atoms with van der Waals surface area (Å²) in [5.74, 6) is 0. The van der Waals surface area contributed by atoms with Crippen LogP contribution in [-0.2, 0) is 14.8 Å². The molecule has 0 aromatic rings. The maximum absolute atomic E-state index is 12.5. The zero-order valence-electron chi connectivity index (χ0n) is 12.3. The van der Waals surface area contributed by atoms with E-state index in [0.717, 1.165) is 12.8 Å². The van der Waals surface area contributed by atoms with E-state index in [9.17, 15) is 13.5 Å². The van der Waals surface area contributed by atoms with Crippen LogP contribution < -0.4 is 0 Å². The molecule has 0 amide bonds. The first-order valence-corrected chi connectivity index (χ1v) is 9.09. The second-order valence-corrected chi connectivity index (χ2v) is 9.23. The molecule has 1 saturated heterocycles. The Labute approximate surface area is 121 Å². The summed E-state index contributed by atoms with van der Waals surface area (Å²) in [5.41, 5.74) is -0.202. The van der Waals surface area contributed by atoms with Crippen molar-refractivity contribution in [1.82, 2.24) is 4.31 Å². The molecule has 2 atom stereocenters.